The second kappa shape index (κ2) is 2.69. The van der Waals surface area contributed by atoms with E-state index in [0.29, 0.717) is 5.15 Å². The van der Waals surface area contributed by atoms with Crippen LogP contribution in [0.3, 0.4) is 0 Å². The van der Waals surface area contributed by atoms with Crippen molar-refractivity contribution in [1.82, 2.24) is 15.0 Å². The summed E-state index contributed by atoms with van der Waals surface area (Å²) in [5, 5.41) is 2.62. The van der Waals surface area contributed by atoms with Gasteiger partial charge in [0.2, 0.25) is 0 Å². The summed E-state index contributed by atoms with van der Waals surface area (Å²) >= 11 is 5.79. The molecule has 0 spiro atoms. The van der Waals surface area contributed by atoms with Gasteiger partial charge in [0.1, 0.15) is 16.4 Å². The minimum Gasteiger partial charge on any atom is -0.324 e. The van der Waals surface area contributed by atoms with Gasteiger partial charge in [-0.2, -0.15) is 0 Å². The normalized spacial score (nSPS) is 11.2. The summed E-state index contributed by atoms with van der Waals surface area (Å²) in [6.45, 7) is 0. The van der Waals surface area contributed by atoms with Crippen molar-refractivity contribution in [1.29, 1.82) is 0 Å². The predicted octanol–water partition coefficient (Wildman–Crippen LogP) is 2.76. The number of hydrogen-bond acceptors (Lipinski definition) is 2. The average molecular weight is 204 g/mol. The van der Waals surface area contributed by atoms with E-state index in [0.717, 1.165) is 22.1 Å². The summed E-state index contributed by atoms with van der Waals surface area (Å²) in [5.74, 6) is 0. The molecule has 0 radical (unpaired) electrons. The van der Waals surface area contributed by atoms with Crippen LogP contribution in [0.2, 0.25) is 5.15 Å². The zero-order valence-corrected chi connectivity index (χ0v) is 7.92. The van der Waals surface area contributed by atoms with E-state index in [2.05, 4.69) is 15.0 Å². The first kappa shape index (κ1) is 7.76. The van der Waals surface area contributed by atoms with Crippen molar-refractivity contribution in [2.75, 3.05) is 0 Å². The van der Waals surface area contributed by atoms with Crippen LogP contribution in [0.25, 0.3) is 22.1 Å². The van der Waals surface area contributed by atoms with E-state index in [-0.39, 0.29) is 0 Å². The van der Waals surface area contributed by atoms with Crippen LogP contribution in [0.1, 0.15) is 0 Å². The average Bonchev–Trinajstić information content (AvgIpc) is 2.54. The lowest BCUT2D eigenvalue weighted by Gasteiger charge is -1.89. The number of pyridine rings is 2. The number of nitrogens with zero attached hydrogens (tertiary/aromatic N) is 2. The molecule has 0 aliphatic carbocycles. The first-order valence-corrected chi connectivity index (χ1v) is 4.61. The molecule has 0 saturated carbocycles. The van der Waals surface area contributed by atoms with Crippen LogP contribution < -0.4 is 0 Å². The lowest BCUT2D eigenvalue weighted by Crippen LogP contribution is -1.75. The van der Waals surface area contributed by atoms with Gasteiger partial charge in [-0.3, -0.25) is 0 Å². The maximum Gasteiger partial charge on any atom is 0.141 e. The standard InChI is InChI=1S/C10H6ClN3/c11-8-4-3-7-6-2-1-5-12-9(6)14-10(7)13-8/h1-5H,(H,12,13,14). The van der Waals surface area contributed by atoms with E-state index in [4.69, 9.17) is 11.6 Å². The number of aromatic nitrogens is 3. The maximum atomic E-state index is 5.79. The molecule has 4 heteroatoms. The van der Waals surface area contributed by atoms with Crippen molar-refractivity contribution >= 4 is 33.7 Å². The lowest BCUT2D eigenvalue weighted by atomic mass is 10.2. The van der Waals surface area contributed by atoms with Crippen molar-refractivity contribution in [2.45, 2.75) is 0 Å². The van der Waals surface area contributed by atoms with Gasteiger partial charge < -0.3 is 4.98 Å². The summed E-state index contributed by atoms with van der Waals surface area (Å²) in [4.78, 5) is 11.5. The van der Waals surface area contributed by atoms with Crippen LogP contribution in [0.5, 0.6) is 0 Å². The molecule has 0 aliphatic rings. The highest BCUT2D eigenvalue weighted by Gasteiger charge is 2.04. The molecule has 3 nitrogen and oxygen atoms in total. The third-order valence-electron chi connectivity index (χ3n) is 2.20. The van der Waals surface area contributed by atoms with Gasteiger partial charge in [-0.15, -0.1) is 0 Å². The molecule has 0 unspecified atom stereocenters. The highest BCUT2D eigenvalue weighted by Crippen LogP contribution is 2.23. The molecule has 68 valence electrons. The Bertz CT molecular complexity index is 615. The van der Waals surface area contributed by atoms with E-state index in [1.807, 2.05) is 18.2 Å². The van der Waals surface area contributed by atoms with E-state index in [1.165, 1.54) is 0 Å². The maximum absolute atomic E-state index is 5.79. The van der Waals surface area contributed by atoms with Gasteiger partial charge in [0, 0.05) is 17.0 Å². The Balaban J connectivity index is 2.57. The Labute approximate surface area is 84.7 Å². The minimum atomic E-state index is 0.490. The Morgan fingerprint density at radius 3 is 2.86 bits per heavy atom. The summed E-state index contributed by atoms with van der Waals surface area (Å²) in [7, 11) is 0. The van der Waals surface area contributed by atoms with Gasteiger partial charge in [-0.05, 0) is 24.3 Å². The number of hydrogen-bond donors (Lipinski definition) is 1. The van der Waals surface area contributed by atoms with Crippen molar-refractivity contribution in [2.24, 2.45) is 0 Å². The van der Waals surface area contributed by atoms with Crippen LogP contribution in [0.4, 0.5) is 0 Å². The van der Waals surface area contributed by atoms with Gasteiger partial charge >= 0.3 is 0 Å². The van der Waals surface area contributed by atoms with Crippen molar-refractivity contribution in [3.05, 3.63) is 35.6 Å². The largest absolute Gasteiger partial charge is 0.324 e. The Morgan fingerprint density at radius 1 is 1.07 bits per heavy atom. The molecular formula is C10H6ClN3. The second-order valence-electron chi connectivity index (χ2n) is 3.05. The summed E-state index contributed by atoms with van der Waals surface area (Å²) in [5.41, 5.74) is 1.63. The first-order chi connectivity index (χ1) is 6.84. The fourth-order valence-corrected chi connectivity index (χ4v) is 1.73. The monoisotopic (exact) mass is 203 g/mol. The molecule has 0 amide bonds. The topological polar surface area (TPSA) is 41.6 Å². The fourth-order valence-electron chi connectivity index (χ4n) is 1.58. The zero-order chi connectivity index (χ0) is 9.54. The molecule has 14 heavy (non-hydrogen) atoms. The molecule has 0 aromatic carbocycles. The van der Waals surface area contributed by atoms with Crippen LogP contribution in [-0.4, -0.2) is 15.0 Å². The lowest BCUT2D eigenvalue weighted by molar-refractivity contribution is 1.30. The van der Waals surface area contributed by atoms with Crippen LogP contribution in [0, 0.1) is 0 Å². The minimum absolute atomic E-state index is 0.490. The van der Waals surface area contributed by atoms with Gasteiger partial charge in [-0.1, -0.05) is 11.6 Å². The second-order valence-corrected chi connectivity index (χ2v) is 3.44. The Morgan fingerprint density at radius 2 is 1.93 bits per heavy atom. The molecule has 0 saturated heterocycles. The van der Waals surface area contributed by atoms with Crippen molar-refractivity contribution in [3.8, 4) is 0 Å². The Hall–Kier alpha value is -1.61. The van der Waals surface area contributed by atoms with E-state index in [9.17, 15) is 0 Å². The number of H-pyrrole nitrogens is 1. The highest BCUT2D eigenvalue weighted by molar-refractivity contribution is 6.30. The van der Waals surface area contributed by atoms with Crippen molar-refractivity contribution in [3.63, 3.8) is 0 Å². The Kier molecular flexibility index (Phi) is 1.49. The molecule has 0 fully saturated rings. The number of aromatic amines is 1. The molecule has 1 N–H and O–H groups in total. The van der Waals surface area contributed by atoms with E-state index >= 15 is 0 Å². The van der Waals surface area contributed by atoms with Gasteiger partial charge in [0.25, 0.3) is 0 Å². The van der Waals surface area contributed by atoms with Crippen LogP contribution >= 0.6 is 11.6 Å². The predicted molar refractivity (Wildman–Crippen MR) is 56.4 cm³/mol. The zero-order valence-electron chi connectivity index (χ0n) is 7.16. The fraction of sp³-hybridized carbons (Fsp3) is 0. The summed E-state index contributed by atoms with van der Waals surface area (Å²) < 4.78 is 0. The number of halogens is 1. The molecule has 0 atom stereocenters. The van der Waals surface area contributed by atoms with Gasteiger partial charge in [-0.25, -0.2) is 9.97 Å². The first-order valence-electron chi connectivity index (χ1n) is 4.23. The van der Waals surface area contributed by atoms with Crippen molar-refractivity contribution < 1.29 is 0 Å². The quantitative estimate of drug-likeness (QED) is 0.571. The van der Waals surface area contributed by atoms with Gasteiger partial charge in [0.15, 0.2) is 0 Å². The summed E-state index contributed by atoms with van der Waals surface area (Å²) in [6, 6.07) is 7.65. The van der Waals surface area contributed by atoms with E-state index in [1.54, 1.807) is 12.3 Å². The molecule has 0 aliphatic heterocycles. The third-order valence-corrected chi connectivity index (χ3v) is 2.41. The molecule has 3 aromatic rings. The van der Waals surface area contributed by atoms with Crippen LogP contribution in [0.15, 0.2) is 30.5 Å². The smallest absolute Gasteiger partial charge is 0.141 e. The molecular weight excluding hydrogens is 198 g/mol. The highest BCUT2D eigenvalue weighted by atomic mass is 35.5. The van der Waals surface area contributed by atoms with Gasteiger partial charge in [0.05, 0.1) is 0 Å². The summed E-state index contributed by atoms with van der Waals surface area (Å²) in [6.07, 6.45) is 1.75. The van der Waals surface area contributed by atoms with E-state index < -0.39 is 0 Å². The number of rotatable bonds is 0. The molecule has 3 heterocycles. The van der Waals surface area contributed by atoms with Crippen LogP contribution in [-0.2, 0) is 0 Å². The molecule has 3 aromatic heterocycles. The number of nitrogens with one attached hydrogen (secondary N) is 1. The molecule has 0 bridgehead atoms. The molecule has 3 rings (SSSR count). The number of fused-ring (bicyclic) bond motifs is 3. The third kappa shape index (κ3) is 0.992. The SMILES string of the molecule is Clc1ccc2c(n1)[nH]c1ncccc12.